The van der Waals surface area contributed by atoms with Gasteiger partial charge in [0.2, 0.25) is 0 Å². The van der Waals surface area contributed by atoms with Gasteiger partial charge in [0.05, 0.1) is 0 Å². The van der Waals surface area contributed by atoms with Crippen LogP contribution in [-0.2, 0) is 0 Å². The summed E-state index contributed by atoms with van der Waals surface area (Å²) in [4.78, 5) is 0. The van der Waals surface area contributed by atoms with Crippen LogP contribution in [0, 0.1) is 0 Å². The van der Waals surface area contributed by atoms with E-state index in [1.54, 1.807) is 0 Å². The lowest BCUT2D eigenvalue weighted by atomic mass is 10.3. The fourth-order valence-electron chi connectivity index (χ4n) is 1.10. The van der Waals surface area contributed by atoms with Crippen LogP contribution in [0.3, 0.4) is 0 Å². The Morgan fingerprint density at radius 3 is 2.44 bits per heavy atom. The number of nitrogens with zero attached hydrogens (tertiary/aromatic N) is 1. The Balaban J connectivity index is 2.69. The molecule has 50 valence electrons. The summed E-state index contributed by atoms with van der Waals surface area (Å²) in [5.74, 6) is 0. The van der Waals surface area contributed by atoms with Gasteiger partial charge in [-0.3, -0.25) is 0 Å². The lowest BCUT2D eigenvalue weighted by Gasteiger charge is -1.91. The topological polar surface area (TPSA) is 3.01 Å². The highest BCUT2D eigenvalue weighted by Crippen LogP contribution is 2.07. The summed E-state index contributed by atoms with van der Waals surface area (Å²) in [5, 5.41) is 0. The van der Waals surface area contributed by atoms with Crippen molar-refractivity contribution in [3.05, 3.63) is 12.2 Å². The van der Waals surface area contributed by atoms with Crippen molar-refractivity contribution in [1.82, 2.24) is 0 Å². The molecule has 0 bridgehead atoms. The monoisotopic (exact) mass is 124 g/mol. The Labute approximate surface area is 56.7 Å². The molecule has 1 fully saturated rings. The molecule has 0 amide bonds. The smallest absolute Gasteiger partial charge is 0.164 e. The van der Waals surface area contributed by atoms with Crippen LogP contribution in [0.25, 0.3) is 0 Å². The third-order valence-electron chi connectivity index (χ3n) is 1.78. The maximum absolute atomic E-state index is 3.93. The van der Waals surface area contributed by atoms with Crippen molar-refractivity contribution in [3.8, 4) is 0 Å². The fraction of sp³-hybridized carbons (Fsp3) is 0.625. The summed E-state index contributed by atoms with van der Waals surface area (Å²) in [7, 11) is 0. The van der Waals surface area contributed by atoms with Crippen molar-refractivity contribution in [2.24, 2.45) is 0 Å². The van der Waals surface area contributed by atoms with Gasteiger partial charge in [0.1, 0.15) is 12.3 Å². The maximum atomic E-state index is 3.93. The largest absolute Gasteiger partial charge is 0.233 e. The van der Waals surface area contributed by atoms with E-state index in [1.165, 1.54) is 24.3 Å². The lowest BCUT2D eigenvalue weighted by molar-refractivity contribution is -0.503. The molecule has 1 rings (SSSR count). The van der Waals surface area contributed by atoms with E-state index in [9.17, 15) is 0 Å². The fourth-order valence-corrected chi connectivity index (χ4v) is 1.10. The lowest BCUT2D eigenvalue weighted by Crippen LogP contribution is -2.12. The minimum absolute atomic E-state index is 1.09. The van der Waals surface area contributed by atoms with E-state index < -0.39 is 0 Å². The molecule has 0 radical (unpaired) electrons. The third kappa shape index (κ3) is 1.41. The second-order valence-electron chi connectivity index (χ2n) is 2.87. The van der Waals surface area contributed by atoms with Gasteiger partial charge in [-0.1, -0.05) is 6.58 Å². The Morgan fingerprint density at radius 1 is 1.56 bits per heavy atom. The minimum atomic E-state index is 1.09. The van der Waals surface area contributed by atoms with Gasteiger partial charge in [-0.05, 0) is 5.57 Å². The van der Waals surface area contributed by atoms with Gasteiger partial charge in [-0.25, -0.2) is 4.58 Å². The quantitative estimate of drug-likeness (QED) is 0.339. The van der Waals surface area contributed by atoms with E-state index in [0.717, 1.165) is 6.54 Å². The van der Waals surface area contributed by atoms with Crippen LogP contribution in [0.4, 0.5) is 0 Å². The van der Waals surface area contributed by atoms with Crippen LogP contribution >= 0.6 is 0 Å². The molecule has 0 atom stereocenters. The number of rotatable bonds is 0. The zero-order chi connectivity index (χ0) is 6.85. The molecule has 9 heavy (non-hydrogen) atoms. The van der Waals surface area contributed by atoms with Crippen molar-refractivity contribution in [2.45, 2.75) is 20.3 Å². The summed E-state index contributed by atoms with van der Waals surface area (Å²) in [6, 6.07) is 0. The molecular weight excluding hydrogens is 110 g/mol. The molecule has 1 aliphatic heterocycles. The van der Waals surface area contributed by atoms with Gasteiger partial charge in [0, 0.05) is 20.3 Å². The summed E-state index contributed by atoms with van der Waals surface area (Å²) >= 11 is 0. The highest BCUT2D eigenvalue weighted by Gasteiger charge is 2.16. The van der Waals surface area contributed by atoms with Crippen LogP contribution in [-0.4, -0.2) is 23.4 Å². The molecular formula is C8H14N+. The zero-order valence-corrected chi connectivity index (χ0v) is 6.28. The first kappa shape index (κ1) is 6.53. The second kappa shape index (κ2) is 2.34. The van der Waals surface area contributed by atoms with Gasteiger partial charge in [-0.15, -0.1) is 0 Å². The van der Waals surface area contributed by atoms with Gasteiger partial charge in [0.15, 0.2) is 6.54 Å². The molecule has 1 aliphatic rings. The first-order valence-corrected chi connectivity index (χ1v) is 3.42. The Hall–Kier alpha value is -0.590. The Kier molecular flexibility index (Phi) is 1.70. The van der Waals surface area contributed by atoms with E-state index >= 15 is 0 Å². The number of hydrogen-bond acceptors (Lipinski definition) is 0. The van der Waals surface area contributed by atoms with Gasteiger partial charge in [0.25, 0.3) is 0 Å². The number of hydrogen-bond donors (Lipinski definition) is 0. The average molecular weight is 124 g/mol. The maximum Gasteiger partial charge on any atom is 0.164 e. The van der Waals surface area contributed by atoms with Crippen LogP contribution in [0.1, 0.15) is 20.3 Å². The van der Waals surface area contributed by atoms with E-state index in [1.807, 2.05) is 0 Å². The van der Waals surface area contributed by atoms with Crippen molar-refractivity contribution < 1.29 is 4.58 Å². The zero-order valence-electron chi connectivity index (χ0n) is 6.28. The highest BCUT2D eigenvalue weighted by atomic mass is 15.0. The minimum Gasteiger partial charge on any atom is -0.233 e. The predicted octanol–water partition coefficient (Wildman–Crippen LogP) is 1.44. The second-order valence-corrected chi connectivity index (χ2v) is 2.87. The van der Waals surface area contributed by atoms with Crippen LogP contribution in [0.5, 0.6) is 0 Å². The summed E-state index contributed by atoms with van der Waals surface area (Å²) < 4.78 is 2.36. The first-order chi connectivity index (χ1) is 4.20. The van der Waals surface area contributed by atoms with Gasteiger partial charge in [-0.2, -0.15) is 0 Å². The predicted molar refractivity (Wildman–Crippen MR) is 40.1 cm³/mol. The summed E-state index contributed by atoms with van der Waals surface area (Å²) in [6.45, 7) is 10.5. The van der Waals surface area contributed by atoms with Crippen LogP contribution < -0.4 is 0 Å². The van der Waals surface area contributed by atoms with Crippen LogP contribution in [0.15, 0.2) is 12.2 Å². The molecule has 1 nitrogen and oxygen atoms in total. The van der Waals surface area contributed by atoms with E-state index in [0.29, 0.717) is 0 Å². The Bertz CT molecular complexity index is 161. The molecule has 1 heteroatoms. The SMILES string of the molecule is C=C1CC[N+](=C(C)C)C1. The van der Waals surface area contributed by atoms with Crippen molar-refractivity contribution in [2.75, 3.05) is 13.1 Å². The molecule has 1 saturated heterocycles. The molecule has 0 unspecified atom stereocenters. The van der Waals surface area contributed by atoms with E-state index in [2.05, 4.69) is 25.0 Å². The molecule has 0 aliphatic carbocycles. The molecule has 0 aromatic heterocycles. The highest BCUT2D eigenvalue weighted by molar-refractivity contribution is 5.74. The van der Waals surface area contributed by atoms with Gasteiger partial charge >= 0.3 is 0 Å². The van der Waals surface area contributed by atoms with Gasteiger partial charge < -0.3 is 0 Å². The first-order valence-electron chi connectivity index (χ1n) is 3.42. The molecule has 0 N–H and O–H groups in total. The average Bonchev–Trinajstić information content (AvgIpc) is 2.14. The molecule has 0 aromatic rings. The molecule has 1 heterocycles. The van der Waals surface area contributed by atoms with E-state index in [-0.39, 0.29) is 0 Å². The molecule has 0 saturated carbocycles. The van der Waals surface area contributed by atoms with E-state index in [4.69, 9.17) is 0 Å². The van der Waals surface area contributed by atoms with Crippen molar-refractivity contribution in [1.29, 1.82) is 0 Å². The normalized spacial score (nSPS) is 18.9. The summed E-state index contributed by atoms with van der Waals surface area (Å²) in [6.07, 6.45) is 1.19. The molecule has 0 spiro atoms. The third-order valence-corrected chi connectivity index (χ3v) is 1.78. The van der Waals surface area contributed by atoms with Crippen LogP contribution in [0.2, 0.25) is 0 Å². The summed E-state index contributed by atoms with van der Waals surface area (Å²) in [5.41, 5.74) is 2.78. The standard InChI is InChI=1S/C8H14N/c1-7(2)9-5-4-8(3)6-9/h3-6H2,1-2H3/q+1. The van der Waals surface area contributed by atoms with Crippen molar-refractivity contribution >= 4 is 5.71 Å². The molecule has 0 aromatic carbocycles. The van der Waals surface area contributed by atoms with Crippen molar-refractivity contribution in [3.63, 3.8) is 0 Å². The Morgan fingerprint density at radius 2 is 2.22 bits per heavy atom.